The number of halogens is 2. The van der Waals surface area contributed by atoms with Crippen LogP contribution in [0.25, 0.3) is 0 Å². The average Bonchev–Trinajstić information content (AvgIpc) is 2.49. The van der Waals surface area contributed by atoms with Gasteiger partial charge in [-0.2, -0.15) is 0 Å². The van der Waals surface area contributed by atoms with Crippen LogP contribution in [0.3, 0.4) is 0 Å². The Balaban J connectivity index is 2.04. The first-order valence-corrected chi connectivity index (χ1v) is 7.22. The molecular weight excluding hydrogens is 276 g/mol. The van der Waals surface area contributed by atoms with Crippen molar-refractivity contribution in [3.63, 3.8) is 0 Å². The molecule has 1 aromatic carbocycles. The van der Waals surface area contributed by atoms with Crippen molar-refractivity contribution in [3.05, 3.63) is 29.8 Å². The Hall–Kier alpha value is -1.69. The van der Waals surface area contributed by atoms with Gasteiger partial charge in [0.15, 0.2) is 0 Å². The largest absolute Gasteiger partial charge is 0.330 e. The monoisotopic (exact) mass is 297 g/mol. The van der Waals surface area contributed by atoms with Crippen LogP contribution in [0.5, 0.6) is 0 Å². The second kappa shape index (κ2) is 6.85. The van der Waals surface area contributed by atoms with Gasteiger partial charge in [0.05, 0.1) is 5.69 Å². The van der Waals surface area contributed by atoms with E-state index in [4.69, 9.17) is 5.73 Å². The fourth-order valence-electron chi connectivity index (χ4n) is 2.92. The minimum absolute atomic E-state index is 0.0200. The number of carbonyl (C=O) groups excluding carboxylic acids is 1. The molecule has 1 aromatic rings. The van der Waals surface area contributed by atoms with Crippen LogP contribution in [-0.2, 0) is 0 Å². The summed E-state index contributed by atoms with van der Waals surface area (Å²) < 4.78 is 26.4. The second-order valence-electron chi connectivity index (χ2n) is 5.51. The molecule has 0 aliphatic heterocycles. The van der Waals surface area contributed by atoms with Gasteiger partial charge in [-0.05, 0) is 37.4 Å². The number of hydrogen-bond donors (Lipinski definition) is 2. The Morgan fingerprint density at radius 3 is 2.76 bits per heavy atom. The van der Waals surface area contributed by atoms with Crippen LogP contribution in [0.4, 0.5) is 19.3 Å². The highest BCUT2D eigenvalue weighted by molar-refractivity contribution is 5.89. The molecule has 4 nitrogen and oxygen atoms in total. The molecule has 2 amide bonds. The summed E-state index contributed by atoms with van der Waals surface area (Å²) in [6.07, 6.45) is 4.09. The second-order valence-corrected chi connectivity index (χ2v) is 5.51. The predicted molar refractivity (Wildman–Crippen MR) is 77.9 cm³/mol. The van der Waals surface area contributed by atoms with Gasteiger partial charge in [0.1, 0.15) is 11.6 Å². The van der Waals surface area contributed by atoms with Crippen LogP contribution in [0, 0.1) is 17.6 Å². The first-order chi connectivity index (χ1) is 10.0. The zero-order valence-corrected chi connectivity index (χ0v) is 12.1. The quantitative estimate of drug-likeness (QED) is 0.901. The van der Waals surface area contributed by atoms with Crippen molar-refractivity contribution >= 4 is 11.7 Å². The van der Waals surface area contributed by atoms with E-state index >= 15 is 0 Å². The normalized spacial score (nSPS) is 21.9. The van der Waals surface area contributed by atoms with Gasteiger partial charge < -0.3 is 16.0 Å². The van der Waals surface area contributed by atoms with Crippen LogP contribution >= 0.6 is 0 Å². The van der Waals surface area contributed by atoms with Gasteiger partial charge in [-0.25, -0.2) is 13.6 Å². The lowest BCUT2D eigenvalue weighted by Crippen LogP contribution is -2.47. The van der Waals surface area contributed by atoms with E-state index in [0.717, 1.165) is 37.8 Å². The van der Waals surface area contributed by atoms with E-state index in [0.29, 0.717) is 6.54 Å². The average molecular weight is 297 g/mol. The number of anilines is 1. The lowest BCUT2D eigenvalue weighted by Gasteiger charge is -2.37. The van der Waals surface area contributed by atoms with E-state index in [2.05, 4.69) is 5.32 Å². The maximum atomic E-state index is 13.6. The summed E-state index contributed by atoms with van der Waals surface area (Å²) in [5.74, 6) is -1.18. The van der Waals surface area contributed by atoms with Crippen LogP contribution < -0.4 is 11.1 Å². The molecular formula is C15H21F2N3O. The molecule has 6 heteroatoms. The van der Waals surface area contributed by atoms with Gasteiger partial charge in [-0.15, -0.1) is 0 Å². The van der Waals surface area contributed by atoms with Crippen molar-refractivity contribution in [2.24, 2.45) is 11.7 Å². The lowest BCUT2D eigenvalue weighted by molar-refractivity contribution is 0.150. The summed E-state index contributed by atoms with van der Waals surface area (Å²) in [7, 11) is 1.69. The van der Waals surface area contributed by atoms with Gasteiger partial charge in [0.2, 0.25) is 0 Å². The van der Waals surface area contributed by atoms with Crippen LogP contribution in [0.2, 0.25) is 0 Å². The molecule has 2 unspecified atom stereocenters. The number of nitrogens with zero attached hydrogens (tertiary/aromatic N) is 1. The molecule has 1 aliphatic carbocycles. The number of urea groups is 1. The maximum Gasteiger partial charge on any atom is 0.321 e. The highest BCUT2D eigenvalue weighted by Crippen LogP contribution is 2.27. The SMILES string of the molecule is CN(C(=O)Nc1ccc(F)cc1F)C1CCCCC1CN. The fraction of sp³-hybridized carbons (Fsp3) is 0.533. The van der Waals surface area contributed by atoms with Crippen LogP contribution in [0.1, 0.15) is 25.7 Å². The van der Waals surface area contributed by atoms with Gasteiger partial charge in [0, 0.05) is 19.2 Å². The molecule has 0 aromatic heterocycles. The molecule has 1 fully saturated rings. The first-order valence-electron chi connectivity index (χ1n) is 7.22. The number of carbonyl (C=O) groups is 1. The summed E-state index contributed by atoms with van der Waals surface area (Å²) in [6, 6.07) is 2.75. The van der Waals surface area contributed by atoms with Crippen LogP contribution in [0.15, 0.2) is 18.2 Å². The molecule has 0 radical (unpaired) electrons. The number of rotatable bonds is 3. The first kappa shape index (κ1) is 15.7. The number of amides is 2. The zero-order valence-electron chi connectivity index (χ0n) is 12.1. The molecule has 3 N–H and O–H groups in total. The molecule has 0 saturated heterocycles. The Labute approximate surface area is 123 Å². The minimum atomic E-state index is -0.782. The highest BCUT2D eigenvalue weighted by Gasteiger charge is 2.30. The smallest absolute Gasteiger partial charge is 0.321 e. The van der Waals surface area contributed by atoms with E-state index < -0.39 is 17.7 Å². The Bertz CT molecular complexity index is 510. The zero-order chi connectivity index (χ0) is 15.4. The van der Waals surface area contributed by atoms with Gasteiger partial charge in [-0.1, -0.05) is 12.8 Å². The van der Waals surface area contributed by atoms with E-state index in [1.807, 2.05) is 0 Å². The van der Waals surface area contributed by atoms with Crippen molar-refractivity contribution in [2.75, 3.05) is 18.9 Å². The van der Waals surface area contributed by atoms with Crippen LogP contribution in [-0.4, -0.2) is 30.6 Å². The van der Waals surface area contributed by atoms with E-state index in [1.54, 1.807) is 11.9 Å². The van der Waals surface area contributed by atoms with Crippen molar-refractivity contribution < 1.29 is 13.6 Å². The summed E-state index contributed by atoms with van der Waals surface area (Å²) in [6.45, 7) is 0.535. The molecule has 0 heterocycles. The molecule has 0 bridgehead atoms. The molecule has 1 aliphatic rings. The predicted octanol–water partition coefficient (Wildman–Crippen LogP) is 2.95. The number of benzene rings is 1. The Morgan fingerprint density at radius 1 is 1.38 bits per heavy atom. The third kappa shape index (κ3) is 3.69. The topological polar surface area (TPSA) is 58.4 Å². The van der Waals surface area contributed by atoms with Crippen molar-refractivity contribution in [1.82, 2.24) is 4.90 Å². The van der Waals surface area contributed by atoms with Crippen molar-refractivity contribution in [1.29, 1.82) is 0 Å². The van der Waals surface area contributed by atoms with Gasteiger partial charge in [0.25, 0.3) is 0 Å². The third-order valence-electron chi connectivity index (χ3n) is 4.16. The molecule has 0 spiro atoms. The third-order valence-corrected chi connectivity index (χ3v) is 4.16. The van der Waals surface area contributed by atoms with Crippen molar-refractivity contribution in [2.45, 2.75) is 31.7 Å². The molecule has 2 rings (SSSR count). The molecule has 1 saturated carbocycles. The van der Waals surface area contributed by atoms with Gasteiger partial charge in [-0.3, -0.25) is 0 Å². The van der Waals surface area contributed by atoms with Gasteiger partial charge >= 0.3 is 6.03 Å². The molecule has 116 valence electrons. The minimum Gasteiger partial charge on any atom is -0.330 e. The van der Waals surface area contributed by atoms with Crippen molar-refractivity contribution in [3.8, 4) is 0 Å². The van der Waals surface area contributed by atoms with E-state index in [9.17, 15) is 13.6 Å². The summed E-state index contributed by atoms with van der Waals surface area (Å²) in [5.41, 5.74) is 5.74. The number of nitrogens with two attached hydrogens (primary N) is 1. The standard InChI is InChI=1S/C15H21F2N3O/c1-20(14-5-3-2-4-10(14)9-18)15(21)19-13-7-6-11(16)8-12(13)17/h6-8,10,14H,2-5,9,18H2,1H3,(H,19,21). The number of hydrogen-bond acceptors (Lipinski definition) is 2. The Morgan fingerprint density at radius 2 is 2.10 bits per heavy atom. The van der Waals surface area contributed by atoms with E-state index in [1.165, 1.54) is 6.07 Å². The summed E-state index contributed by atoms with van der Waals surface area (Å²) >= 11 is 0. The lowest BCUT2D eigenvalue weighted by atomic mass is 9.84. The highest BCUT2D eigenvalue weighted by atomic mass is 19.1. The summed E-state index contributed by atoms with van der Waals surface area (Å²) in [4.78, 5) is 13.8. The fourth-order valence-corrected chi connectivity index (χ4v) is 2.92. The molecule has 2 atom stereocenters. The molecule has 21 heavy (non-hydrogen) atoms. The maximum absolute atomic E-state index is 13.6. The number of nitrogens with one attached hydrogen (secondary N) is 1. The summed E-state index contributed by atoms with van der Waals surface area (Å²) in [5, 5.41) is 2.48. The van der Waals surface area contributed by atoms with E-state index in [-0.39, 0.29) is 17.6 Å². The Kier molecular flexibility index (Phi) is 5.12.